The van der Waals surface area contributed by atoms with Gasteiger partial charge >= 0.3 is 0 Å². The van der Waals surface area contributed by atoms with Gasteiger partial charge in [0, 0.05) is 30.1 Å². The Morgan fingerprint density at radius 1 is 1.10 bits per heavy atom. The minimum Gasteiger partial charge on any atom is -0.507 e. The quantitative estimate of drug-likeness (QED) is 0.399. The van der Waals surface area contributed by atoms with Crippen LogP contribution in [0.3, 0.4) is 0 Å². The lowest BCUT2D eigenvalue weighted by molar-refractivity contribution is -0.132. The van der Waals surface area contributed by atoms with Crippen LogP contribution in [0.25, 0.3) is 5.76 Å². The van der Waals surface area contributed by atoms with Crippen LogP contribution < -0.4 is 9.64 Å². The van der Waals surface area contributed by atoms with E-state index in [1.165, 1.54) is 35.5 Å². The van der Waals surface area contributed by atoms with Crippen molar-refractivity contribution in [2.45, 2.75) is 12.5 Å². The van der Waals surface area contributed by atoms with E-state index < -0.39 is 23.5 Å². The number of anilines is 1. The van der Waals surface area contributed by atoms with E-state index in [0.29, 0.717) is 24.2 Å². The van der Waals surface area contributed by atoms with Gasteiger partial charge in [0.05, 0.1) is 18.2 Å². The number of hydrogen-bond acceptors (Lipinski definition) is 5. The summed E-state index contributed by atoms with van der Waals surface area (Å²) in [6.07, 6.45) is 3.77. The third-order valence-corrected chi connectivity index (χ3v) is 5.52. The second-order valence-corrected chi connectivity index (χ2v) is 7.35. The number of ketones is 1. The zero-order chi connectivity index (χ0) is 21.5. The Kier molecular flexibility index (Phi) is 4.51. The maximum absolute atomic E-state index is 13.9. The van der Waals surface area contributed by atoms with Gasteiger partial charge in [0.1, 0.15) is 17.3 Å². The zero-order valence-corrected chi connectivity index (χ0v) is 16.3. The smallest absolute Gasteiger partial charge is 0.300 e. The van der Waals surface area contributed by atoms with Gasteiger partial charge in [-0.15, -0.1) is 0 Å². The number of fused-ring (bicyclic) bond motifs is 1. The molecular formula is C24H17FN2O4. The third kappa shape index (κ3) is 3.15. The first kappa shape index (κ1) is 19.0. The summed E-state index contributed by atoms with van der Waals surface area (Å²) in [4.78, 5) is 31.3. The van der Waals surface area contributed by atoms with Crippen LogP contribution in [0.4, 0.5) is 10.1 Å². The van der Waals surface area contributed by atoms with Crippen LogP contribution in [-0.2, 0) is 16.0 Å². The van der Waals surface area contributed by atoms with E-state index in [0.717, 1.165) is 11.3 Å². The Hall–Kier alpha value is -4.00. The number of aromatic nitrogens is 1. The molecule has 31 heavy (non-hydrogen) atoms. The number of halogens is 1. The number of ether oxygens (including phenoxy) is 1. The number of rotatable bonds is 3. The molecule has 2 aliphatic rings. The van der Waals surface area contributed by atoms with Gasteiger partial charge in [0.2, 0.25) is 0 Å². The molecule has 0 spiro atoms. The third-order valence-electron chi connectivity index (χ3n) is 5.52. The molecule has 1 atom stereocenters. The van der Waals surface area contributed by atoms with E-state index in [-0.39, 0.29) is 17.0 Å². The van der Waals surface area contributed by atoms with E-state index in [1.54, 1.807) is 36.4 Å². The zero-order valence-electron chi connectivity index (χ0n) is 16.3. The van der Waals surface area contributed by atoms with Crippen LogP contribution >= 0.6 is 0 Å². The van der Waals surface area contributed by atoms with E-state index >= 15 is 0 Å². The molecular weight excluding hydrogens is 399 g/mol. The summed E-state index contributed by atoms with van der Waals surface area (Å²) in [5.74, 6) is -1.75. The molecule has 6 nitrogen and oxygen atoms in total. The number of amides is 1. The predicted octanol–water partition coefficient (Wildman–Crippen LogP) is 3.78. The molecule has 1 aromatic heterocycles. The van der Waals surface area contributed by atoms with E-state index in [1.807, 2.05) is 0 Å². The summed E-state index contributed by atoms with van der Waals surface area (Å²) >= 11 is 0. The Balaban J connectivity index is 1.70. The van der Waals surface area contributed by atoms with Gasteiger partial charge in [0.25, 0.3) is 11.7 Å². The van der Waals surface area contributed by atoms with E-state index in [2.05, 4.69) is 4.98 Å². The number of nitrogens with zero attached hydrogens (tertiary/aromatic N) is 2. The first-order valence-corrected chi connectivity index (χ1v) is 9.77. The van der Waals surface area contributed by atoms with Crippen molar-refractivity contribution in [2.75, 3.05) is 11.5 Å². The van der Waals surface area contributed by atoms with Crippen LogP contribution in [-0.4, -0.2) is 28.4 Å². The Morgan fingerprint density at radius 3 is 2.68 bits per heavy atom. The van der Waals surface area contributed by atoms with Gasteiger partial charge in [-0.1, -0.05) is 6.07 Å². The average molecular weight is 416 g/mol. The molecule has 154 valence electrons. The molecule has 0 aliphatic carbocycles. The van der Waals surface area contributed by atoms with Crippen molar-refractivity contribution in [1.29, 1.82) is 0 Å². The first-order chi connectivity index (χ1) is 15.0. The van der Waals surface area contributed by atoms with Gasteiger partial charge in [-0.25, -0.2) is 4.39 Å². The molecule has 2 aliphatic heterocycles. The fourth-order valence-electron chi connectivity index (χ4n) is 4.08. The number of hydrogen-bond donors (Lipinski definition) is 1. The number of pyridine rings is 1. The highest BCUT2D eigenvalue weighted by Gasteiger charge is 2.47. The molecule has 3 heterocycles. The number of benzene rings is 2. The molecule has 0 saturated carbocycles. The van der Waals surface area contributed by atoms with Crippen molar-refractivity contribution in [1.82, 2.24) is 4.98 Å². The highest BCUT2D eigenvalue weighted by atomic mass is 19.1. The van der Waals surface area contributed by atoms with Crippen molar-refractivity contribution in [3.63, 3.8) is 0 Å². The largest absolute Gasteiger partial charge is 0.507 e. The molecule has 2 aromatic carbocycles. The lowest BCUT2D eigenvalue weighted by Crippen LogP contribution is -2.29. The second-order valence-electron chi connectivity index (χ2n) is 7.35. The predicted molar refractivity (Wildman–Crippen MR) is 111 cm³/mol. The fraction of sp³-hybridized carbons (Fsp3) is 0.125. The number of aliphatic hydroxyl groups is 1. The standard InChI is InChI=1S/C24H17FN2O4/c25-17-2-1-3-18(13-17)27-21(14-6-9-26-10-7-14)20(23(29)24(27)30)22(28)16-4-5-19-15(12-16)8-11-31-19/h1-7,9-10,12-13,21,28H,8,11H2/b22-20-. The summed E-state index contributed by atoms with van der Waals surface area (Å²) < 4.78 is 19.4. The van der Waals surface area contributed by atoms with Crippen molar-refractivity contribution in [3.05, 3.63) is 95.1 Å². The Morgan fingerprint density at radius 2 is 1.90 bits per heavy atom. The number of Topliss-reactive ketones (excluding diaryl/α,β-unsaturated/α-hetero) is 1. The van der Waals surface area contributed by atoms with Crippen molar-refractivity contribution < 1.29 is 23.8 Å². The minimum atomic E-state index is -0.922. The van der Waals surface area contributed by atoms with Crippen molar-refractivity contribution in [3.8, 4) is 5.75 Å². The van der Waals surface area contributed by atoms with Gasteiger partial charge in [-0.3, -0.25) is 19.5 Å². The molecule has 0 bridgehead atoms. The van der Waals surface area contributed by atoms with Crippen LogP contribution in [0.15, 0.2) is 72.6 Å². The maximum Gasteiger partial charge on any atom is 0.300 e. The lowest BCUT2D eigenvalue weighted by Gasteiger charge is -2.25. The summed E-state index contributed by atoms with van der Waals surface area (Å²) in [5, 5.41) is 11.1. The second kappa shape index (κ2) is 7.36. The Bertz CT molecular complexity index is 1240. The number of aliphatic hydroxyl groups excluding tert-OH is 1. The lowest BCUT2D eigenvalue weighted by atomic mass is 9.95. The normalized spacial score (nSPS) is 19.4. The van der Waals surface area contributed by atoms with Gasteiger partial charge in [0.15, 0.2) is 0 Å². The summed E-state index contributed by atoms with van der Waals surface area (Å²) in [6, 6.07) is 13.0. The van der Waals surface area contributed by atoms with Gasteiger partial charge in [-0.2, -0.15) is 0 Å². The Labute approximate surface area is 177 Å². The van der Waals surface area contributed by atoms with Gasteiger partial charge < -0.3 is 9.84 Å². The van der Waals surface area contributed by atoms with Crippen LogP contribution in [0.2, 0.25) is 0 Å². The summed E-state index contributed by atoms with van der Waals surface area (Å²) in [7, 11) is 0. The molecule has 7 heteroatoms. The molecule has 0 radical (unpaired) electrons. The maximum atomic E-state index is 13.9. The fourth-order valence-corrected chi connectivity index (χ4v) is 4.08. The average Bonchev–Trinajstić information content (AvgIpc) is 3.36. The molecule has 1 fully saturated rings. The summed E-state index contributed by atoms with van der Waals surface area (Å²) in [6.45, 7) is 0.556. The van der Waals surface area contributed by atoms with E-state index in [9.17, 15) is 19.1 Å². The van der Waals surface area contributed by atoms with Crippen molar-refractivity contribution in [2.24, 2.45) is 0 Å². The highest BCUT2D eigenvalue weighted by Crippen LogP contribution is 2.42. The van der Waals surface area contributed by atoms with Crippen LogP contribution in [0.5, 0.6) is 5.75 Å². The molecule has 1 N–H and O–H groups in total. The van der Waals surface area contributed by atoms with E-state index in [4.69, 9.17) is 4.74 Å². The monoisotopic (exact) mass is 416 g/mol. The number of carbonyl (C=O) groups is 2. The topological polar surface area (TPSA) is 79.7 Å². The van der Waals surface area contributed by atoms with Gasteiger partial charge in [-0.05, 0) is 59.7 Å². The molecule has 1 unspecified atom stereocenters. The molecule has 1 saturated heterocycles. The molecule has 5 rings (SSSR count). The molecule has 3 aromatic rings. The SMILES string of the molecule is O=C1C(=O)N(c2cccc(F)c2)C(c2ccncc2)/C1=C(/O)c1ccc2c(c1)CCO2. The molecule has 1 amide bonds. The number of carbonyl (C=O) groups excluding carboxylic acids is 2. The van der Waals surface area contributed by atoms with Crippen LogP contribution in [0, 0.1) is 5.82 Å². The highest BCUT2D eigenvalue weighted by molar-refractivity contribution is 6.51. The minimum absolute atomic E-state index is 0.0562. The summed E-state index contributed by atoms with van der Waals surface area (Å²) in [5.41, 5.74) is 2.08. The van der Waals surface area contributed by atoms with Crippen LogP contribution in [0.1, 0.15) is 22.7 Å². The van der Waals surface area contributed by atoms with Crippen molar-refractivity contribution >= 4 is 23.1 Å². The first-order valence-electron chi connectivity index (χ1n) is 9.77.